The number of ether oxygens (including phenoxy) is 2. The van der Waals surface area contributed by atoms with E-state index in [4.69, 9.17) is 13.1 Å². The predicted molar refractivity (Wildman–Crippen MR) is 84.8 cm³/mol. The van der Waals surface area contributed by atoms with Gasteiger partial charge in [0.2, 0.25) is 5.69 Å². The van der Waals surface area contributed by atoms with Gasteiger partial charge in [0.1, 0.15) is 0 Å². The quantitative estimate of drug-likeness (QED) is 0.359. The van der Waals surface area contributed by atoms with E-state index in [1.807, 2.05) is 0 Å². The van der Waals surface area contributed by atoms with Crippen LogP contribution in [0.25, 0.3) is 9.69 Å². The van der Waals surface area contributed by atoms with E-state index in [0.29, 0.717) is 4.73 Å². The number of hydrogen-bond acceptors (Lipinski definition) is 6. The highest BCUT2D eigenvalue weighted by atomic mass is 16.5. The second-order valence-corrected chi connectivity index (χ2v) is 4.20. The summed E-state index contributed by atoms with van der Waals surface area (Å²) in [5.74, 6) is -1.13. The molecular formula is C16H12N4O5. The van der Waals surface area contributed by atoms with Crippen LogP contribution < -0.4 is 4.73 Å². The van der Waals surface area contributed by atoms with Gasteiger partial charge < -0.3 is 14.7 Å². The molecule has 2 heterocycles. The molecule has 0 fully saturated rings. The maximum absolute atomic E-state index is 11.0. The summed E-state index contributed by atoms with van der Waals surface area (Å²) in [7, 11) is 2.49. The maximum atomic E-state index is 11.0. The van der Waals surface area contributed by atoms with Crippen LogP contribution in [0.3, 0.4) is 0 Å². The molecule has 25 heavy (non-hydrogen) atoms. The Morgan fingerprint density at radius 1 is 1.08 bits per heavy atom. The SMILES string of the molecule is [C-]#[N+]c1c[n+]([O-])ccc1C(=O)OC.[C-]#[N+]c1cnccc1C(=O)OC. The first-order valence-electron chi connectivity index (χ1n) is 6.56. The molecule has 0 saturated carbocycles. The normalized spacial score (nSPS) is 8.80. The summed E-state index contributed by atoms with van der Waals surface area (Å²) in [6.45, 7) is 13.4. The zero-order valence-electron chi connectivity index (χ0n) is 13.3. The summed E-state index contributed by atoms with van der Waals surface area (Å²) >= 11 is 0. The first-order valence-corrected chi connectivity index (χ1v) is 6.56. The van der Waals surface area contributed by atoms with Crippen molar-refractivity contribution in [1.82, 2.24) is 4.98 Å². The molecule has 2 rings (SSSR count). The molecule has 0 atom stereocenters. The van der Waals surface area contributed by atoms with E-state index in [9.17, 15) is 14.8 Å². The van der Waals surface area contributed by atoms with Crippen molar-refractivity contribution in [2.75, 3.05) is 14.2 Å². The van der Waals surface area contributed by atoms with Gasteiger partial charge in [-0.25, -0.2) is 19.3 Å². The molecule has 9 nitrogen and oxygen atoms in total. The topological polar surface area (TPSA) is 101 Å². The van der Waals surface area contributed by atoms with Crippen molar-refractivity contribution in [2.24, 2.45) is 0 Å². The minimum Gasteiger partial charge on any atom is -0.620 e. The van der Waals surface area contributed by atoms with Gasteiger partial charge in [-0.05, 0) is 6.07 Å². The number of carbonyl (C=O) groups is 2. The highest BCUT2D eigenvalue weighted by Crippen LogP contribution is 2.17. The monoisotopic (exact) mass is 340 g/mol. The third kappa shape index (κ3) is 5.01. The van der Waals surface area contributed by atoms with Crippen molar-refractivity contribution < 1.29 is 23.8 Å². The van der Waals surface area contributed by atoms with Gasteiger partial charge in [-0.3, -0.25) is 4.98 Å². The van der Waals surface area contributed by atoms with Crippen LogP contribution in [0.4, 0.5) is 11.4 Å². The molecule has 0 amide bonds. The Kier molecular flexibility index (Phi) is 7.04. The van der Waals surface area contributed by atoms with Crippen molar-refractivity contribution in [1.29, 1.82) is 0 Å². The second-order valence-electron chi connectivity index (χ2n) is 4.20. The van der Waals surface area contributed by atoms with E-state index in [-0.39, 0.29) is 22.5 Å². The van der Waals surface area contributed by atoms with Crippen LogP contribution in [0, 0.1) is 18.4 Å². The number of esters is 2. The largest absolute Gasteiger partial charge is 0.620 e. The van der Waals surface area contributed by atoms with Crippen LogP contribution in [0.1, 0.15) is 20.7 Å². The number of methoxy groups -OCH3 is 2. The van der Waals surface area contributed by atoms with E-state index < -0.39 is 11.9 Å². The van der Waals surface area contributed by atoms with Crippen LogP contribution in [0.2, 0.25) is 0 Å². The molecule has 0 spiro atoms. The predicted octanol–water partition coefficient (Wildman–Crippen LogP) is 2.08. The number of hydrogen-bond donors (Lipinski definition) is 0. The summed E-state index contributed by atoms with van der Waals surface area (Å²) in [5.41, 5.74) is 0.556. The first-order chi connectivity index (χ1) is 12.0. The Morgan fingerprint density at radius 2 is 1.64 bits per heavy atom. The van der Waals surface area contributed by atoms with E-state index in [2.05, 4.69) is 24.1 Å². The van der Waals surface area contributed by atoms with Gasteiger partial charge in [0.25, 0.3) is 5.69 Å². The molecule has 0 unspecified atom stereocenters. The van der Waals surface area contributed by atoms with Crippen molar-refractivity contribution in [3.8, 4) is 0 Å². The molecule has 126 valence electrons. The molecule has 0 N–H and O–H groups in total. The Morgan fingerprint density at radius 3 is 2.16 bits per heavy atom. The Bertz CT molecular complexity index is 868. The summed E-state index contributed by atoms with van der Waals surface area (Å²) in [6.07, 6.45) is 4.94. The van der Waals surface area contributed by atoms with Gasteiger partial charge in [-0.2, -0.15) is 4.73 Å². The Balaban J connectivity index is 0.000000251. The Hall–Kier alpha value is -3.98. The van der Waals surface area contributed by atoms with Gasteiger partial charge in [0, 0.05) is 18.5 Å². The third-order valence-corrected chi connectivity index (χ3v) is 2.77. The zero-order chi connectivity index (χ0) is 18.8. The van der Waals surface area contributed by atoms with E-state index in [1.54, 1.807) is 0 Å². The lowest BCUT2D eigenvalue weighted by Crippen LogP contribution is -2.24. The third-order valence-electron chi connectivity index (χ3n) is 2.77. The molecule has 0 aliphatic rings. The standard InChI is InChI=1S/C8H6N2O3.C8H6N2O2/c1-9-7-5-10(12)4-3-6(7)8(11)13-2;1-9-7-5-10-4-3-6(7)8(11)12-2/h3-5H,2H3;3-5H,2H3. The van der Waals surface area contributed by atoms with Crippen molar-refractivity contribution in [3.05, 3.63) is 76.1 Å². The summed E-state index contributed by atoms with van der Waals surface area (Å²) in [4.78, 5) is 31.9. The number of carbonyl (C=O) groups excluding carboxylic acids is 2. The molecule has 0 aliphatic carbocycles. The van der Waals surface area contributed by atoms with Crippen LogP contribution in [-0.2, 0) is 9.47 Å². The van der Waals surface area contributed by atoms with Crippen molar-refractivity contribution in [2.45, 2.75) is 0 Å². The van der Waals surface area contributed by atoms with Crippen LogP contribution >= 0.6 is 0 Å². The lowest BCUT2D eigenvalue weighted by Gasteiger charge is -2.01. The Labute approximate surface area is 143 Å². The summed E-state index contributed by atoms with van der Waals surface area (Å²) in [5, 5.41) is 10.7. The maximum Gasteiger partial charge on any atom is 0.327 e. The van der Waals surface area contributed by atoms with Crippen molar-refractivity contribution >= 4 is 23.3 Å². The second kappa shape index (κ2) is 9.22. The average molecular weight is 340 g/mol. The molecule has 2 aromatic heterocycles. The summed E-state index contributed by atoms with van der Waals surface area (Å²) < 4.78 is 9.35. The lowest BCUT2D eigenvalue weighted by molar-refractivity contribution is -0.604. The zero-order valence-corrected chi connectivity index (χ0v) is 13.3. The number of rotatable bonds is 2. The lowest BCUT2D eigenvalue weighted by atomic mass is 10.2. The molecule has 0 bridgehead atoms. The average Bonchev–Trinajstić information content (AvgIpc) is 2.66. The fourth-order valence-corrected chi connectivity index (χ4v) is 1.60. The van der Waals surface area contributed by atoms with Gasteiger partial charge in [0.15, 0.2) is 12.4 Å². The molecule has 2 aromatic rings. The van der Waals surface area contributed by atoms with Gasteiger partial charge >= 0.3 is 11.9 Å². The molecule has 0 aromatic carbocycles. The van der Waals surface area contributed by atoms with Crippen LogP contribution in [0.15, 0.2) is 36.9 Å². The van der Waals surface area contributed by atoms with E-state index in [0.717, 1.165) is 12.4 Å². The molecule has 9 heteroatoms. The number of nitrogens with zero attached hydrogens (tertiary/aromatic N) is 4. The molecule has 0 saturated heterocycles. The van der Waals surface area contributed by atoms with Crippen LogP contribution in [-0.4, -0.2) is 31.1 Å². The smallest absolute Gasteiger partial charge is 0.327 e. The highest BCUT2D eigenvalue weighted by molar-refractivity contribution is 5.95. The van der Waals surface area contributed by atoms with E-state index in [1.165, 1.54) is 38.7 Å². The number of aromatic nitrogens is 2. The summed E-state index contributed by atoms with van der Waals surface area (Å²) in [6, 6.07) is 2.71. The first kappa shape index (κ1) is 19.1. The van der Waals surface area contributed by atoms with E-state index >= 15 is 0 Å². The minimum atomic E-state index is -0.619. The molecule has 0 aliphatic heterocycles. The number of pyridine rings is 2. The minimum absolute atomic E-state index is 0.00986. The fourth-order valence-electron chi connectivity index (χ4n) is 1.60. The van der Waals surface area contributed by atoms with Crippen molar-refractivity contribution in [3.63, 3.8) is 0 Å². The van der Waals surface area contributed by atoms with Gasteiger partial charge in [0.05, 0.1) is 38.5 Å². The molecular weight excluding hydrogens is 328 g/mol. The fraction of sp³-hybridized carbons (Fsp3) is 0.125. The molecule has 0 radical (unpaired) electrons. The van der Waals surface area contributed by atoms with Gasteiger partial charge in [-0.15, -0.1) is 0 Å². The van der Waals surface area contributed by atoms with Gasteiger partial charge in [-0.1, -0.05) is 0 Å². The van der Waals surface area contributed by atoms with Crippen LogP contribution in [0.5, 0.6) is 0 Å². The highest BCUT2D eigenvalue weighted by Gasteiger charge is 2.14.